The fraction of sp³-hybridized carbons (Fsp3) is 0.368. The van der Waals surface area contributed by atoms with Crippen molar-refractivity contribution in [1.82, 2.24) is 0 Å². The fourth-order valence-electron chi connectivity index (χ4n) is 2.89. The van der Waals surface area contributed by atoms with Crippen molar-refractivity contribution >= 4 is 0 Å². The van der Waals surface area contributed by atoms with Crippen LogP contribution in [-0.4, -0.2) is 5.60 Å². The van der Waals surface area contributed by atoms with E-state index in [-0.39, 0.29) is 23.8 Å². The summed E-state index contributed by atoms with van der Waals surface area (Å²) in [6, 6.07) is 7.69. The van der Waals surface area contributed by atoms with Crippen LogP contribution >= 0.6 is 0 Å². The summed E-state index contributed by atoms with van der Waals surface area (Å²) < 4.78 is 39.2. The van der Waals surface area contributed by atoms with Crippen LogP contribution in [0.1, 0.15) is 37.5 Å². The van der Waals surface area contributed by atoms with Gasteiger partial charge in [-0.2, -0.15) is 0 Å². The van der Waals surface area contributed by atoms with Crippen molar-refractivity contribution in [3.8, 4) is 11.5 Å². The van der Waals surface area contributed by atoms with Crippen molar-refractivity contribution < 1.29 is 18.3 Å². The topological polar surface area (TPSA) is 18.5 Å². The zero-order valence-electron chi connectivity index (χ0n) is 13.6. The molecule has 0 fully saturated rings. The highest BCUT2D eigenvalue weighted by atomic mass is 19.1. The molecule has 0 bridgehead atoms. The molecular weight excluding hydrogens is 298 g/mol. The Labute approximate surface area is 135 Å². The molecule has 0 radical (unpaired) electrons. The van der Waals surface area contributed by atoms with Crippen LogP contribution < -0.4 is 9.47 Å². The molecule has 2 nitrogen and oxygen atoms in total. The molecule has 0 saturated carbocycles. The zero-order valence-corrected chi connectivity index (χ0v) is 13.6. The molecule has 122 valence electrons. The monoisotopic (exact) mass is 318 g/mol. The lowest BCUT2D eigenvalue weighted by atomic mass is 10.0. The lowest BCUT2D eigenvalue weighted by Crippen LogP contribution is -2.25. The molecule has 23 heavy (non-hydrogen) atoms. The number of ether oxygens (including phenoxy) is 2. The summed E-state index contributed by atoms with van der Waals surface area (Å²) in [6.45, 7) is 5.98. The first-order valence-electron chi connectivity index (χ1n) is 7.79. The second kappa shape index (κ2) is 5.84. The maximum atomic E-state index is 13.9. The number of aryl methyl sites for hydroxylation is 1. The minimum Gasteiger partial charge on any atom is -0.487 e. The largest absolute Gasteiger partial charge is 0.487 e. The van der Waals surface area contributed by atoms with E-state index in [1.807, 2.05) is 20.8 Å². The average Bonchev–Trinajstić information content (AvgIpc) is 2.80. The lowest BCUT2D eigenvalue weighted by molar-refractivity contribution is 0.135. The molecule has 0 saturated heterocycles. The van der Waals surface area contributed by atoms with E-state index in [2.05, 4.69) is 0 Å². The van der Waals surface area contributed by atoms with Crippen LogP contribution in [0.2, 0.25) is 0 Å². The average molecular weight is 318 g/mol. The minimum absolute atomic E-state index is 0.0697. The van der Waals surface area contributed by atoms with Crippen LogP contribution in [0.25, 0.3) is 0 Å². The van der Waals surface area contributed by atoms with E-state index in [0.717, 1.165) is 17.5 Å². The van der Waals surface area contributed by atoms with Gasteiger partial charge in [0.1, 0.15) is 23.8 Å². The second-order valence-corrected chi connectivity index (χ2v) is 6.50. The zero-order chi connectivity index (χ0) is 16.6. The number of rotatable bonds is 4. The van der Waals surface area contributed by atoms with Crippen LogP contribution in [0.4, 0.5) is 8.78 Å². The summed E-state index contributed by atoms with van der Waals surface area (Å²) in [4.78, 5) is 0. The molecule has 0 amide bonds. The van der Waals surface area contributed by atoms with Crippen molar-refractivity contribution in [2.45, 2.75) is 45.8 Å². The van der Waals surface area contributed by atoms with Crippen LogP contribution in [0, 0.1) is 11.6 Å². The van der Waals surface area contributed by atoms with E-state index >= 15 is 0 Å². The van der Waals surface area contributed by atoms with Crippen LogP contribution in [0.3, 0.4) is 0 Å². The van der Waals surface area contributed by atoms with Gasteiger partial charge in [-0.05, 0) is 50.1 Å². The Morgan fingerprint density at radius 3 is 2.70 bits per heavy atom. The Morgan fingerprint density at radius 1 is 1.17 bits per heavy atom. The van der Waals surface area contributed by atoms with Gasteiger partial charge in [-0.25, -0.2) is 8.78 Å². The van der Waals surface area contributed by atoms with Gasteiger partial charge in [0.05, 0.1) is 0 Å². The van der Waals surface area contributed by atoms with Crippen molar-refractivity contribution in [3.05, 3.63) is 58.7 Å². The third kappa shape index (κ3) is 3.31. The van der Waals surface area contributed by atoms with Crippen LogP contribution in [0.5, 0.6) is 11.5 Å². The maximum Gasteiger partial charge on any atom is 0.165 e. The van der Waals surface area contributed by atoms with Gasteiger partial charge in [-0.15, -0.1) is 0 Å². The Kier molecular flexibility index (Phi) is 4.00. The van der Waals surface area contributed by atoms with E-state index in [1.165, 1.54) is 18.2 Å². The molecule has 0 aromatic heterocycles. The second-order valence-electron chi connectivity index (χ2n) is 6.50. The Balaban J connectivity index is 1.85. The third-order valence-electron chi connectivity index (χ3n) is 3.99. The molecule has 2 aromatic rings. The van der Waals surface area contributed by atoms with Crippen molar-refractivity contribution in [3.63, 3.8) is 0 Å². The molecule has 2 aromatic carbocycles. The van der Waals surface area contributed by atoms with Crippen LogP contribution in [0.15, 0.2) is 30.3 Å². The quantitative estimate of drug-likeness (QED) is 0.804. The van der Waals surface area contributed by atoms with Gasteiger partial charge in [-0.3, -0.25) is 0 Å². The minimum atomic E-state index is -0.420. The SMILES string of the molecule is CCc1ccc(F)c(OCc2cc(F)cc3c2OC(C)(C)C3)c1. The number of fused-ring (bicyclic) bond motifs is 1. The van der Waals surface area contributed by atoms with Gasteiger partial charge in [0, 0.05) is 17.5 Å². The summed E-state index contributed by atoms with van der Waals surface area (Å²) in [5, 5.41) is 0. The first-order chi connectivity index (χ1) is 10.9. The number of benzene rings is 2. The van der Waals surface area contributed by atoms with Gasteiger partial charge in [0.25, 0.3) is 0 Å². The van der Waals surface area contributed by atoms with Gasteiger partial charge < -0.3 is 9.47 Å². The number of hydrogen-bond acceptors (Lipinski definition) is 2. The molecule has 0 N–H and O–H groups in total. The van der Waals surface area contributed by atoms with Crippen molar-refractivity contribution in [2.75, 3.05) is 0 Å². The van der Waals surface area contributed by atoms with E-state index in [0.29, 0.717) is 17.7 Å². The number of hydrogen-bond donors (Lipinski definition) is 0. The summed E-state index contributed by atoms with van der Waals surface area (Å²) in [5.41, 5.74) is 2.06. The molecule has 4 heteroatoms. The third-order valence-corrected chi connectivity index (χ3v) is 3.99. The molecule has 0 atom stereocenters. The van der Waals surface area contributed by atoms with Gasteiger partial charge in [0.15, 0.2) is 11.6 Å². The molecule has 0 unspecified atom stereocenters. The summed E-state index contributed by atoms with van der Waals surface area (Å²) in [7, 11) is 0. The Morgan fingerprint density at radius 2 is 1.96 bits per heavy atom. The molecule has 0 aliphatic carbocycles. The molecule has 1 heterocycles. The van der Waals surface area contributed by atoms with E-state index < -0.39 is 5.82 Å². The van der Waals surface area contributed by atoms with Gasteiger partial charge in [0.2, 0.25) is 0 Å². The molecule has 3 rings (SSSR count). The molecule has 1 aliphatic rings. The first kappa shape index (κ1) is 15.8. The maximum absolute atomic E-state index is 13.9. The standard InChI is InChI=1S/C19H20F2O2/c1-4-12-5-6-16(21)17(7-12)22-11-14-9-15(20)8-13-10-19(2,3)23-18(13)14/h5-9H,4,10-11H2,1-3H3. The first-order valence-corrected chi connectivity index (χ1v) is 7.79. The van der Waals surface area contributed by atoms with E-state index in [9.17, 15) is 8.78 Å². The van der Waals surface area contributed by atoms with Gasteiger partial charge in [-0.1, -0.05) is 13.0 Å². The summed E-state index contributed by atoms with van der Waals surface area (Å²) in [5.74, 6) is 0.0889. The summed E-state index contributed by atoms with van der Waals surface area (Å²) >= 11 is 0. The Hall–Kier alpha value is -2.10. The number of halogens is 2. The summed E-state index contributed by atoms with van der Waals surface area (Å²) in [6.07, 6.45) is 1.44. The predicted octanol–water partition coefficient (Wildman–Crippen LogP) is 4.82. The van der Waals surface area contributed by atoms with E-state index in [4.69, 9.17) is 9.47 Å². The normalized spacial score (nSPS) is 15.2. The highest BCUT2D eigenvalue weighted by molar-refractivity contribution is 5.46. The highest BCUT2D eigenvalue weighted by Gasteiger charge is 2.32. The Bertz CT molecular complexity index is 738. The van der Waals surface area contributed by atoms with E-state index in [1.54, 1.807) is 12.1 Å². The molecule has 0 spiro atoms. The predicted molar refractivity (Wildman–Crippen MR) is 84.9 cm³/mol. The molecular formula is C19H20F2O2. The van der Waals surface area contributed by atoms with Gasteiger partial charge >= 0.3 is 0 Å². The van der Waals surface area contributed by atoms with Crippen molar-refractivity contribution in [2.24, 2.45) is 0 Å². The fourth-order valence-corrected chi connectivity index (χ4v) is 2.89. The van der Waals surface area contributed by atoms with Crippen LogP contribution in [-0.2, 0) is 19.4 Å². The molecule has 1 aliphatic heterocycles. The smallest absolute Gasteiger partial charge is 0.165 e. The van der Waals surface area contributed by atoms with Crippen molar-refractivity contribution in [1.29, 1.82) is 0 Å². The lowest BCUT2D eigenvalue weighted by Gasteiger charge is -2.18. The highest BCUT2D eigenvalue weighted by Crippen LogP contribution is 2.38.